The summed E-state index contributed by atoms with van der Waals surface area (Å²) in [5.41, 5.74) is 1.68. The molecule has 0 spiro atoms. The summed E-state index contributed by atoms with van der Waals surface area (Å²) in [6, 6.07) is 9.12. The Morgan fingerprint density at radius 1 is 0.912 bits per heavy atom. The van der Waals surface area contributed by atoms with Gasteiger partial charge in [-0.1, -0.05) is 30.4 Å². The molecule has 0 unspecified atom stereocenters. The summed E-state index contributed by atoms with van der Waals surface area (Å²) in [6.45, 7) is 9.44. The van der Waals surface area contributed by atoms with E-state index in [1.54, 1.807) is 0 Å². The lowest BCUT2D eigenvalue weighted by Crippen LogP contribution is -2.43. The first-order valence-corrected chi connectivity index (χ1v) is 14.4. The van der Waals surface area contributed by atoms with E-state index in [4.69, 9.17) is 27.6 Å². The molecule has 0 heterocycles. The second kappa shape index (κ2) is 9.33. The van der Waals surface area contributed by atoms with Gasteiger partial charge in [0.2, 0.25) is 30.1 Å². The van der Waals surface area contributed by atoms with E-state index in [0.717, 1.165) is 28.8 Å². The normalized spacial score (nSPS) is 12.8. The topological polar surface area (TPSA) is 205 Å². The summed E-state index contributed by atoms with van der Waals surface area (Å²) in [7, 11) is -14.3. The van der Waals surface area contributed by atoms with Crippen molar-refractivity contribution in [2.75, 3.05) is 5.32 Å². The molecule has 0 saturated carbocycles. The number of hydrogen-bond donors (Lipinski definition) is 5. The molecule has 0 atom stereocenters. The number of sulfonamides is 3. The zero-order valence-electron chi connectivity index (χ0n) is 18.5. The van der Waals surface area contributed by atoms with Crippen molar-refractivity contribution in [3.05, 3.63) is 54.1 Å². The van der Waals surface area contributed by atoms with E-state index in [2.05, 4.69) is 17.2 Å². The first kappa shape index (κ1) is 27.8. The molecule has 0 bridgehead atoms. The zero-order valence-corrected chi connectivity index (χ0v) is 21.8. The summed E-state index contributed by atoms with van der Waals surface area (Å²) in [4.78, 5) is -3.35. The van der Waals surface area contributed by atoms with Gasteiger partial charge < -0.3 is 10.6 Å². The Labute approximate surface area is 204 Å². The van der Waals surface area contributed by atoms with Gasteiger partial charge in [-0.25, -0.2) is 40.7 Å². The lowest BCUT2D eigenvalue weighted by Gasteiger charge is -2.29. The summed E-state index contributed by atoms with van der Waals surface area (Å²) >= 11 is 5.30. The van der Waals surface area contributed by atoms with Crippen molar-refractivity contribution in [2.24, 2.45) is 15.4 Å². The van der Waals surface area contributed by atoms with E-state index in [1.807, 2.05) is 45.0 Å². The summed E-state index contributed by atoms with van der Waals surface area (Å²) in [5.74, 6) is 0. The van der Waals surface area contributed by atoms with E-state index in [-0.39, 0.29) is 10.8 Å². The Morgan fingerprint density at radius 3 is 1.82 bits per heavy atom. The Kier molecular flexibility index (Phi) is 7.64. The Balaban J connectivity index is 2.54. The molecule has 0 radical (unpaired) electrons. The van der Waals surface area contributed by atoms with Crippen LogP contribution in [0.25, 0.3) is 5.57 Å². The minimum absolute atomic E-state index is 0.0326. The van der Waals surface area contributed by atoms with Crippen LogP contribution in [0, 0.1) is 0 Å². The van der Waals surface area contributed by atoms with E-state index in [0.29, 0.717) is 0 Å². The monoisotopic (exact) mass is 547 g/mol. The molecule has 0 aliphatic heterocycles. The van der Waals surface area contributed by atoms with Gasteiger partial charge in [0.1, 0.15) is 14.7 Å². The molecule has 186 valence electrons. The summed E-state index contributed by atoms with van der Waals surface area (Å²) < 4.78 is 72.2. The number of nitrogens with one attached hydrogen (secondary N) is 2. The fourth-order valence-corrected chi connectivity index (χ4v) is 6.87. The molecule has 11 nitrogen and oxygen atoms in total. The number of nitrogens with two attached hydrogens (primary N) is 3. The minimum Gasteiger partial charge on any atom is -0.353 e. The van der Waals surface area contributed by atoms with E-state index >= 15 is 0 Å². The first-order chi connectivity index (χ1) is 15.2. The summed E-state index contributed by atoms with van der Waals surface area (Å²) in [5, 5.41) is 20.9. The highest BCUT2D eigenvalue weighted by Crippen LogP contribution is 2.31. The Hall–Kier alpha value is -2.40. The third kappa shape index (κ3) is 6.59. The highest BCUT2D eigenvalue weighted by Gasteiger charge is 2.31. The van der Waals surface area contributed by atoms with Crippen LogP contribution in [0.2, 0.25) is 0 Å². The fourth-order valence-electron chi connectivity index (χ4n) is 3.04. The van der Waals surface area contributed by atoms with Crippen molar-refractivity contribution >= 4 is 58.7 Å². The maximum absolute atomic E-state index is 12.1. The van der Waals surface area contributed by atoms with Gasteiger partial charge in [0.25, 0.3) is 0 Å². The molecule has 0 fully saturated rings. The van der Waals surface area contributed by atoms with Gasteiger partial charge in [-0.05, 0) is 62.3 Å². The molecule has 0 aliphatic carbocycles. The number of hydrogen-bond acceptors (Lipinski definition) is 7. The standard InChI is InChI=1S/C19H25N5O6S4/c1-11(2)12-6-5-7-13(8-12)19(3,4)24-18(31)23-14-9-15(32(20,25)26)17(34(22,29)30)16(10-14)33(21,27)28/h5-10H,1H2,2-4H3,(H2,20,25,26)(H2,21,27,28)(H2,22,29,30)(H2,23,24,31). The smallest absolute Gasteiger partial charge is 0.240 e. The van der Waals surface area contributed by atoms with Crippen LogP contribution in [-0.4, -0.2) is 30.4 Å². The molecule has 0 saturated heterocycles. The first-order valence-electron chi connectivity index (χ1n) is 9.35. The number of benzene rings is 2. The van der Waals surface area contributed by atoms with Crippen molar-refractivity contribution in [1.29, 1.82) is 0 Å². The van der Waals surface area contributed by atoms with Gasteiger partial charge in [-0.2, -0.15) is 0 Å². The molecule has 0 aromatic heterocycles. The van der Waals surface area contributed by atoms with Gasteiger partial charge >= 0.3 is 0 Å². The van der Waals surface area contributed by atoms with Gasteiger partial charge in [-0.3, -0.25) is 0 Å². The Morgan fingerprint density at radius 2 is 1.41 bits per heavy atom. The average molecular weight is 548 g/mol. The van der Waals surface area contributed by atoms with Crippen LogP contribution in [0.3, 0.4) is 0 Å². The largest absolute Gasteiger partial charge is 0.353 e. The number of allylic oxidation sites excluding steroid dienone is 1. The maximum atomic E-state index is 12.1. The molecule has 34 heavy (non-hydrogen) atoms. The third-order valence-electron chi connectivity index (χ3n) is 4.68. The van der Waals surface area contributed by atoms with Gasteiger partial charge in [0, 0.05) is 5.69 Å². The lowest BCUT2D eigenvalue weighted by molar-refractivity contribution is 0.489. The van der Waals surface area contributed by atoms with Crippen LogP contribution < -0.4 is 26.1 Å². The predicted octanol–water partition coefficient (Wildman–Crippen LogP) is 0.884. The minimum atomic E-state index is -4.85. The average Bonchev–Trinajstić information content (AvgIpc) is 2.64. The number of primary sulfonamides is 3. The quantitative estimate of drug-likeness (QED) is 0.312. The molecular weight excluding hydrogens is 523 g/mol. The van der Waals surface area contributed by atoms with Crippen LogP contribution in [0.15, 0.2) is 57.7 Å². The van der Waals surface area contributed by atoms with Crippen molar-refractivity contribution in [2.45, 2.75) is 41.0 Å². The van der Waals surface area contributed by atoms with E-state index in [1.165, 1.54) is 0 Å². The molecule has 0 aliphatic rings. The van der Waals surface area contributed by atoms with Crippen LogP contribution in [0.1, 0.15) is 31.9 Å². The van der Waals surface area contributed by atoms with Crippen LogP contribution in [0.4, 0.5) is 5.69 Å². The second-order valence-electron chi connectivity index (χ2n) is 8.00. The van der Waals surface area contributed by atoms with Gasteiger partial charge in [-0.15, -0.1) is 0 Å². The number of rotatable bonds is 7. The molecular formula is C19H25N5O6S4. The lowest BCUT2D eigenvalue weighted by atomic mass is 9.92. The zero-order chi connectivity index (χ0) is 26.3. The number of anilines is 1. The van der Waals surface area contributed by atoms with Crippen molar-refractivity contribution < 1.29 is 25.3 Å². The SMILES string of the molecule is C=C(C)c1cccc(C(C)(C)NC(=S)Nc2cc(S(N)(=O)=O)c(S(N)(=O)=O)c(S(N)(=O)=O)c2)c1. The molecule has 2 aromatic carbocycles. The van der Waals surface area contributed by atoms with Crippen LogP contribution in [-0.2, 0) is 35.6 Å². The maximum Gasteiger partial charge on any atom is 0.240 e. The Bertz CT molecular complexity index is 1440. The molecule has 0 amide bonds. The van der Waals surface area contributed by atoms with Crippen LogP contribution in [0.5, 0.6) is 0 Å². The number of thiocarbonyl (C=S) groups is 1. The highest BCUT2D eigenvalue weighted by molar-refractivity contribution is 7.94. The summed E-state index contributed by atoms with van der Waals surface area (Å²) in [6.07, 6.45) is 0. The van der Waals surface area contributed by atoms with Gasteiger partial charge in [0.15, 0.2) is 5.11 Å². The van der Waals surface area contributed by atoms with Crippen molar-refractivity contribution in [3.63, 3.8) is 0 Å². The van der Waals surface area contributed by atoms with E-state index < -0.39 is 50.3 Å². The third-order valence-corrected chi connectivity index (χ3v) is 8.02. The molecule has 15 heteroatoms. The second-order valence-corrected chi connectivity index (χ2v) is 13.0. The highest BCUT2D eigenvalue weighted by atomic mass is 32.2. The predicted molar refractivity (Wildman–Crippen MR) is 134 cm³/mol. The molecule has 2 rings (SSSR count). The van der Waals surface area contributed by atoms with Crippen molar-refractivity contribution in [3.8, 4) is 0 Å². The fraction of sp³-hybridized carbons (Fsp3) is 0.211. The van der Waals surface area contributed by atoms with Gasteiger partial charge in [0.05, 0.1) is 5.54 Å². The van der Waals surface area contributed by atoms with Crippen LogP contribution >= 0.6 is 12.2 Å². The van der Waals surface area contributed by atoms with E-state index in [9.17, 15) is 25.3 Å². The molecule has 8 N–H and O–H groups in total. The van der Waals surface area contributed by atoms with Crippen molar-refractivity contribution in [1.82, 2.24) is 5.32 Å². The molecule has 2 aromatic rings.